The fraction of sp³-hybridized carbons (Fsp3) is 0.214. The van der Waals surface area contributed by atoms with Gasteiger partial charge in [0.05, 0.1) is 18.2 Å². The molecule has 7 heteroatoms. The molecule has 0 fully saturated rings. The summed E-state index contributed by atoms with van der Waals surface area (Å²) in [5.41, 5.74) is 1.12. The predicted molar refractivity (Wildman–Crippen MR) is 79.5 cm³/mol. The van der Waals surface area contributed by atoms with Gasteiger partial charge >= 0.3 is 5.97 Å². The summed E-state index contributed by atoms with van der Waals surface area (Å²) in [5.74, 6) is -1.06. The number of carboxylic acids is 1. The van der Waals surface area contributed by atoms with Gasteiger partial charge in [-0.15, -0.1) is 11.3 Å². The number of carboxylic acid groups (broad SMARTS) is 1. The molecule has 110 valence electrons. The molecule has 0 aliphatic rings. The van der Waals surface area contributed by atoms with Crippen LogP contribution in [0.25, 0.3) is 0 Å². The van der Waals surface area contributed by atoms with Crippen molar-refractivity contribution in [1.29, 1.82) is 0 Å². The monoisotopic (exact) mass is 306 g/mol. The maximum absolute atomic E-state index is 12.1. The van der Waals surface area contributed by atoms with Gasteiger partial charge in [-0.05, 0) is 25.5 Å². The van der Waals surface area contributed by atoms with Crippen LogP contribution >= 0.6 is 11.3 Å². The van der Waals surface area contributed by atoms with Crippen molar-refractivity contribution < 1.29 is 19.4 Å². The fourth-order valence-corrected chi connectivity index (χ4v) is 2.83. The molecule has 0 aliphatic carbocycles. The lowest BCUT2D eigenvalue weighted by Gasteiger charge is -2.05. The highest BCUT2D eigenvalue weighted by Gasteiger charge is 2.20. The number of anilines is 1. The quantitative estimate of drug-likeness (QED) is 0.906. The summed E-state index contributed by atoms with van der Waals surface area (Å²) >= 11 is 1.24. The summed E-state index contributed by atoms with van der Waals surface area (Å²) in [5, 5.41) is 12.2. The zero-order valence-electron chi connectivity index (χ0n) is 11.8. The lowest BCUT2D eigenvalue weighted by molar-refractivity contribution is 0.0697. The molecule has 0 unspecified atom stereocenters. The molecular formula is C14H14N2O4S. The Morgan fingerprint density at radius 3 is 2.57 bits per heavy atom. The van der Waals surface area contributed by atoms with Crippen LogP contribution in [0.15, 0.2) is 18.3 Å². The second-order valence-corrected chi connectivity index (χ2v) is 5.56. The Bertz CT molecular complexity index is 692. The van der Waals surface area contributed by atoms with Crippen LogP contribution in [-0.4, -0.2) is 29.1 Å². The van der Waals surface area contributed by atoms with Gasteiger partial charge in [-0.1, -0.05) is 0 Å². The molecule has 0 atom stereocenters. The zero-order valence-corrected chi connectivity index (χ0v) is 12.6. The molecule has 2 aromatic heterocycles. The minimum Gasteiger partial charge on any atom is -0.481 e. The zero-order chi connectivity index (χ0) is 15.6. The van der Waals surface area contributed by atoms with E-state index in [-0.39, 0.29) is 5.56 Å². The molecule has 0 saturated heterocycles. The Labute approximate surface area is 125 Å². The van der Waals surface area contributed by atoms with Gasteiger partial charge in [-0.2, -0.15) is 0 Å². The summed E-state index contributed by atoms with van der Waals surface area (Å²) in [4.78, 5) is 28.2. The summed E-state index contributed by atoms with van der Waals surface area (Å²) in [6.45, 7) is 3.54. The molecule has 6 nitrogen and oxygen atoms in total. The second-order valence-electron chi connectivity index (χ2n) is 4.34. The van der Waals surface area contributed by atoms with E-state index in [9.17, 15) is 14.7 Å². The molecular weight excluding hydrogens is 292 g/mol. The van der Waals surface area contributed by atoms with Crippen LogP contribution in [0.1, 0.15) is 31.2 Å². The van der Waals surface area contributed by atoms with Crippen molar-refractivity contribution in [2.75, 3.05) is 12.4 Å². The second kappa shape index (κ2) is 5.92. The van der Waals surface area contributed by atoms with Gasteiger partial charge in [0.1, 0.15) is 5.00 Å². The first-order valence-corrected chi connectivity index (χ1v) is 6.90. The normalized spacial score (nSPS) is 10.2. The van der Waals surface area contributed by atoms with E-state index in [4.69, 9.17) is 4.74 Å². The highest BCUT2D eigenvalue weighted by atomic mass is 32.1. The van der Waals surface area contributed by atoms with E-state index in [1.807, 2.05) is 6.92 Å². The first kappa shape index (κ1) is 15.0. The van der Waals surface area contributed by atoms with E-state index in [1.54, 1.807) is 19.1 Å². The number of aromatic nitrogens is 1. The van der Waals surface area contributed by atoms with Crippen LogP contribution in [0.5, 0.6) is 5.88 Å². The maximum atomic E-state index is 12.1. The number of thiophene rings is 1. The molecule has 2 heterocycles. The molecule has 2 N–H and O–H groups in total. The number of rotatable bonds is 4. The fourth-order valence-electron chi connectivity index (χ4n) is 1.78. The van der Waals surface area contributed by atoms with E-state index in [0.29, 0.717) is 22.0 Å². The van der Waals surface area contributed by atoms with Gasteiger partial charge in [0.25, 0.3) is 5.91 Å². The number of aromatic carboxylic acids is 1. The van der Waals surface area contributed by atoms with Gasteiger partial charge in [0.15, 0.2) is 0 Å². The number of ether oxygens (including phenoxy) is 1. The Kier molecular flexibility index (Phi) is 4.23. The summed E-state index contributed by atoms with van der Waals surface area (Å²) in [7, 11) is 1.48. The van der Waals surface area contributed by atoms with E-state index in [1.165, 1.54) is 24.6 Å². The highest BCUT2D eigenvalue weighted by molar-refractivity contribution is 7.16. The Morgan fingerprint density at radius 2 is 2.05 bits per heavy atom. The van der Waals surface area contributed by atoms with E-state index in [2.05, 4.69) is 10.3 Å². The molecule has 1 amide bonds. The third-order valence-corrected chi connectivity index (χ3v) is 4.16. The molecule has 0 radical (unpaired) electrons. The molecule has 0 saturated carbocycles. The number of carbonyl (C=O) groups excluding carboxylic acids is 1. The smallest absolute Gasteiger partial charge is 0.338 e. The largest absolute Gasteiger partial charge is 0.481 e. The third kappa shape index (κ3) is 3.03. The summed E-state index contributed by atoms with van der Waals surface area (Å²) < 4.78 is 4.92. The van der Waals surface area contributed by atoms with Gasteiger partial charge in [-0.25, -0.2) is 9.78 Å². The maximum Gasteiger partial charge on any atom is 0.338 e. The Balaban J connectivity index is 2.27. The standard InChI is InChI=1S/C14H14N2O4S/c1-7-8(2)21-13(11(7)14(18)19)16-12(17)9-4-5-10(20-3)15-6-9/h4-6H,1-3H3,(H,16,17)(H,18,19). The van der Waals surface area contributed by atoms with Crippen molar-refractivity contribution in [2.24, 2.45) is 0 Å². The molecule has 0 aromatic carbocycles. The van der Waals surface area contributed by atoms with Gasteiger partial charge in [0.2, 0.25) is 5.88 Å². The summed E-state index contributed by atoms with van der Waals surface area (Å²) in [6, 6.07) is 3.13. The first-order chi connectivity index (χ1) is 9.93. The van der Waals surface area contributed by atoms with E-state index in [0.717, 1.165) is 4.88 Å². The number of methoxy groups -OCH3 is 1. The van der Waals surface area contributed by atoms with Crippen molar-refractivity contribution in [3.63, 3.8) is 0 Å². The minimum atomic E-state index is -1.06. The Hall–Kier alpha value is -2.41. The number of carbonyl (C=O) groups is 2. The molecule has 0 bridgehead atoms. The van der Waals surface area contributed by atoms with Crippen molar-refractivity contribution in [3.8, 4) is 5.88 Å². The van der Waals surface area contributed by atoms with Gasteiger partial charge in [0, 0.05) is 17.1 Å². The lowest BCUT2D eigenvalue weighted by atomic mass is 10.1. The molecule has 2 aromatic rings. The average molecular weight is 306 g/mol. The van der Waals surface area contributed by atoms with E-state index < -0.39 is 11.9 Å². The third-order valence-electron chi connectivity index (χ3n) is 3.03. The molecule has 21 heavy (non-hydrogen) atoms. The topological polar surface area (TPSA) is 88.5 Å². The number of pyridine rings is 1. The van der Waals surface area contributed by atoms with Gasteiger partial charge < -0.3 is 15.2 Å². The van der Waals surface area contributed by atoms with Crippen LogP contribution in [0.2, 0.25) is 0 Å². The predicted octanol–water partition coefficient (Wildman–Crippen LogP) is 2.72. The van der Waals surface area contributed by atoms with Crippen LogP contribution in [-0.2, 0) is 0 Å². The summed E-state index contributed by atoms with van der Waals surface area (Å²) in [6.07, 6.45) is 1.38. The average Bonchev–Trinajstić information content (AvgIpc) is 2.73. The molecule has 0 aliphatic heterocycles. The van der Waals surface area contributed by atoms with Crippen LogP contribution < -0.4 is 10.1 Å². The number of hydrogen-bond acceptors (Lipinski definition) is 5. The lowest BCUT2D eigenvalue weighted by Crippen LogP contribution is -2.13. The van der Waals surface area contributed by atoms with Crippen LogP contribution in [0.3, 0.4) is 0 Å². The van der Waals surface area contributed by atoms with E-state index >= 15 is 0 Å². The SMILES string of the molecule is COc1ccc(C(=O)Nc2sc(C)c(C)c2C(=O)O)cn1. The van der Waals surface area contributed by atoms with Crippen molar-refractivity contribution in [3.05, 3.63) is 39.9 Å². The highest BCUT2D eigenvalue weighted by Crippen LogP contribution is 2.32. The van der Waals surface area contributed by atoms with Crippen molar-refractivity contribution >= 4 is 28.2 Å². The van der Waals surface area contributed by atoms with Crippen LogP contribution in [0, 0.1) is 13.8 Å². The first-order valence-electron chi connectivity index (χ1n) is 6.08. The number of nitrogens with zero attached hydrogens (tertiary/aromatic N) is 1. The van der Waals surface area contributed by atoms with Crippen molar-refractivity contribution in [2.45, 2.75) is 13.8 Å². The number of amides is 1. The number of nitrogens with one attached hydrogen (secondary N) is 1. The number of aryl methyl sites for hydroxylation is 1. The number of hydrogen-bond donors (Lipinski definition) is 2. The Morgan fingerprint density at radius 1 is 1.33 bits per heavy atom. The molecule has 0 spiro atoms. The molecule has 2 rings (SSSR count). The van der Waals surface area contributed by atoms with Crippen molar-refractivity contribution in [1.82, 2.24) is 4.98 Å². The van der Waals surface area contributed by atoms with Crippen LogP contribution in [0.4, 0.5) is 5.00 Å². The van der Waals surface area contributed by atoms with Gasteiger partial charge in [-0.3, -0.25) is 4.79 Å². The minimum absolute atomic E-state index is 0.132.